The van der Waals surface area contributed by atoms with E-state index in [1.165, 1.54) is 0 Å². The van der Waals surface area contributed by atoms with Crippen molar-refractivity contribution in [1.82, 2.24) is 0 Å². The molecule has 1 nitrogen and oxygen atoms in total. The summed E-state index contributed by atoms with van der Waals surface area (Å²) >= 11 is 11.8. The van der Waals surface area contributed by atoms with Gasteiger partial charge in [0, 0.05) is 16.1 Å². The number of halogens is 4. The molecule has 0 aromatic heterocycles. The molecule has 2 aromatic rings. The minimum absolute atomic E-state index is 0.158. The number of benzene rings is 2. The number of rotatable bonds is 3. The van der Waals surface area contributed by atoms with Gasteiger partial charge >= 0.3 is 0 Å². The molecule has 5 heteroatoms. The zero-order valence-electron chi connectivity index (χ0n) is 9.84. The van der Waals surface area contributed by atoms with Gasteiger partial charge in [-0.05, 0) is 47.9 Å². The van der Waals surface area contributed by atoms with E-state index in [1.54, 1.807) is 18.2 Å². The molecular weight excluding hydrogens is 291 g/mol. The highest BCUT2D eigenvalue weighted by Crippen LogP contribution is 2.27. The monoisotopic (exact) mass is 301 g/mol. The fourth-order valence-corrected chi connectivity index (χ4v) is 2.40. The molecule has 1 unspecified atom stereocenters. The molecule has 1 atom stereocenters. The molecule has 0 spiro atoms. The third kappa shape index (κ3) is 3.44. The van der Waals surface area contributed by atoms with Crippen LogP contribution in [-0.2, 0) is 6.42 Å². The van der Waals surface area contributed by atoms with Crippen molar-refractivity contribution in [3.8, 4) is 0 Å². The molecule has 0 amide bonds. The van der Waals surface area contributed by atoms with E-state index in [2.05, 4.69) is 0 Å². The standard InChI is InChI=1S/C14H11Cl2F2N/c15-9-1-3-11(12(16)7-9)14(19)6-8-5-10(17)2-4-13(8)18/h1-5,7,14H,6,19H2. The molecule has 0 aliphatic carbocycles. The van der Waals surface area contributed by atoms with E-state index in [-0.39, 0.29) is 12.0 Å². The van der Waals surface area contributed by atoms with Crippen LogP contribution in [0, 0.1) is 11.6 Å². The third-order valence-corrected chi connectivity index (χ3v) is 3.37. The van der Waals surface area contributed by atoms with Crippen molar-refractivity contribution in [2.45, 2.75) is 12.5 Å². The maximum Gasteiger partial charge on any atom is 0.126 e. The topological polar surface area (TPSA) is 26.0 Å². The summed E-state index contributed by atoms with van der Waals surface area (Å²) < 4.78 is 26.6. The Morgan fingerprint density at radius 3 is 2.47 bits per heavy atom. The quantitative estimate of drug-likeness (QED) is 0.886. The van der Waals surface area contributed by atoms with Gasteiger partial charge in [-0.15, -0.1) is 0 Å². The second kappa shape index (κ2) is 5.87. The summed E-state index contributed by atoms with van der Waals surface area (Å²) in [5, 5.41) is 0.912. The van der Waals surface area contributed by atoms with Gasteiger partial charge in [-0.25, -0.2) is 8.78 Å². The van der Waals surface area contributed by atoms with Crippen LogP contribution in [-0.4, -0.2) is 0 Å². The second-order valence-electron chi connectivity index (χ2n) is 4.21. The van der Waals surface area contributed by atoms with Gasteiger partial charge in [-0.3, -0.25) is 0 Å². The second-order valence-corrected chi connectivity index (χ2v) is 5.06. The Kier molecular flexibility index (Phi) is 4.40. The Labute approximate surface area is 119 Å². The molecule has 2 aromatic carbocycles. The predicted octanol–water partition coefficient (Wildman–Crippen LogP) is 4.51. The highest BCUT2D eigenvalue weighted by Gasteiger charge is 2.14. The number of hydrogen-bond donors (Lipinski definition) is 1. The first kappa shape index (κ1) is 14.3. The maximum atomic E-state index is 13.5. The molecule has 0 radical (unpaired) electrons. The molecular formula is C14H11Cl2F2N. The van der Waals surface area contributed by atoms with E-state index in [0.29, 0.717) is 15.6 Å². The summed E-state index contributed by atoms with van der Waals surface area (Å²) in [7, 11) is 0. The lowest BCUT2D eigenvalue weighted by molar-refractivity contribution is 0.573. The van der Waals surface area contributed by atoms with Crippen LogP contribution in [0.4, 0.5) is 8.78 Å². The molecule has 0 heterocycles. The highest BCUT2D eigenvalue weighted by molar-refractivity contribution is 6.35. The molecule has 2 rings (SSSR count). The fourth-order valence-electron chi connectivity index (χ4n) is 1.85. The fraction of sp³-hybridized carbons (Fsp3) is 0.143. The van der Waals surface area contributed by atoms with E-state index in [9.17, 15) is 8.78 Å². The molecule has 19 heavy (non-hydrogen) atoms. The number of hydrogen-bond acceptors (Lipinski definition) is 1. The van der Waals surface area contributed by atoms with Crippen LogP contribution in [0.15, 0.2) is 36.4 Å². The molecule has 0 bridgehead atoms. The highest BCUT2D eigenvalue weighted by atomic mass is 35.5. The Bertz CT molecular complexity index is 602. The first-order valence-corrected chi connectivity index (χ1v) is 6.37. The van der Waals surface area contributed by atoms with Crippen LogP contribution in [0.5, 0.6) is 0 Å². The first-order chi connectivity index (χ1) is 8.97. The third-order valence-electron chi connectivity index (χ3n) is 2.81. The Morgan fingerprint density at radius 2 is 1.79 bits per heavy atom. The molecule has 0 saturated carbocycles. The van der Waals surface area contributed by atoms with Crippen molar-refractivity contribution in [1.29, 1.82) is 0 Å². The van der Waals surface area contributed by atoms with Gasteiger partial charge in [-0.1, -0.05) is 29.3 Å². The smallest absolute Gasteiger partial charge is 0.126 e. The van der Waals surface area contributed by atoms with Crippen molar-refractivity contribution in [2.24, 2.45) is 5.73 Å². The molecule has 0 aliphatic rings. The Hall–Kier alpha value is -1.16. The van der Waals surface area contributed by atoms with Gasteiger partial charge in [0.2, 0.25) is 0 Å². The summed E-state index contributed by atoms with van der Waals surface area (Å²) in [4.78, 5) is 0. The van der Waals surface area contributed by atoms with E-state index >= 15 is 0 Å². The Morgan fingerprint density at radius 1 is 1.05 bits per heavy atom. The van der Waals surface area contributed by atoms with Gasteiger partial charge < -0.3 is 5.73 Å². The lowest BCUT2D eigenvalue weighted by Gasteiger charge is -2.14. The zero-order chi connectivity index (χ0) is 14.0. The van der Waals surface area contributed by atoms with E-state index in [0.717, 1.165) is 18.2 Å². The normalized spacial score (nSPS) is 12.5. The van der Waals surface area contributed by atoms with Crippen LogP contribution in [0.1, 0.15) is 17.2 Å². The summed E-state index contributed by atoms with van der Waals surface area (Å²) in [6, 6.07) is 7.68. The van der Waals surface area contributed by atoms with Crippen LogP contribution in [0.2, 0.25) is 10.0 Å². The van der Waals surface area contributed by atoms with Gasteiger partial charge in [0.1, 0.15) is 11.6 Å². The SMILES string of the molecule is NC(Cc1cc(F)ccc1F)c1ccc(Cl)cc1Cl. The largest absolute Gasteiger partial charge is 0.324 e. The lowest BCUT2D eigenvalue weighted by atomic mass is 9.99. The lowest BCUT2D eigenvalue weighted by Crippen LogP contribution is -2.14. The minimum Gasteiger partial charge on any atom is -0.324 e. The van der Waals surface area contributed by atoms with Gasteiger partial charge in [0.25, 0.3) is 0 Å². The van der Waals surface area contributed by atoms with Crippen LogP contribution in [0.25, 0.3) is 0 Å². The predicted molar refractivity (Wildman–Crippen MR) is 73.5 cm³/mol. The molecule has 100 valence electrons. The summed E-state index contributed by atoms with van der Waals surface area (Å²) in [6.07, 6.45) is 0.158. The van der Waals surface area contributed by atoms with Crippen molar-refractivity contribution < 1.29 is 8.78 Å². The van der Waals surface area contributed by atoms with Crippen LogP contribution in [0.3, 0.4) is 0 Å². The number of nitrogens with two attached hydrogens (primary N) is 1. The Balaban J connectivity index is 2.25. The summed E-state index contributed by atoms with van der Waals surface area (Å²) in [6.45, 7) is 0. The van der Waals surface area contributed by atoms with E-state index in [1.807, 2.05) is 0 Å². The molecule has 0 fully saturated rings. The van der Waals surface area contributed by atoms with Crippen LogP contribution >= 0.6 is 23.2 Å². The van der Waals surface area contributed by atoms with Crippen molar-refractivity contribution in [3.05, 3.63) is 69.2 Å². The molecule has 0 aliphatic heterocycles. The minimum atomic E-state index is -0.527. The van der Waals surface area contributed by atoms with E-state index in [4.69, 9.17) is 28.9 Å². The van der Waals surface area contributed by atoms with Crippen LogP contribution < -0.4 is 5.73 Å². The van der Waals surface area contributed by atoms with Gasteiger partial charge in [-0.2, -0.15) is 0 Å². The zero-order valence-corrected chi connectivity index (χ0v) is 11.3. The average Bonchev–Trinajstić information content (AvgIpc) is 2.33. The van der Waals surface area contributed by atoms with Crippen molar-refractivity contribution >= 4 is 23.2 Å². The molecule has 0 saturated heterocycles. The van der Waals surface area contributed by atoms with E-state index < -0.39 is 17.7 Å². The molecule has 2 N–H and O–H groups in total. The van der Waals surface area contributed by atoms with Crippen molar-refractivity contribution in [2.75, 3.05) is 0 Å². The summed E-state index contributed by atoms with van der Waals surface area (Å²) in [5.41, 5.74) is 6.85. The average molecular weight is 302 g/mol. The first-order valence-electron chi connectivity index (χ1n) is 5.62. The summed E-state index contributed by atoms with van der Waals surface area (Å²) in [5.74, 6) is -0.979. The van der Waals surface area contributed by atoms with Crippen molar-refractivity contribution in [3.63, 3.8) is 0 Å². The van der Waals surface area contributed by atoms with Gasteiger partial charge in [0.15, 0.2) is 0 Å². The maximum absolute atomic E-state index is 13.5. The van der Waals surface area contributed by atoms with Gasteiger partial charge in [0.05, 0.1) is 0 Å².